The number of halogens is 3. The number of rotatable bonds is 7. The Morgan fingerprint density at radius 3 is 2.34 bits per heavy atom. The zero-order chi connectivity index (χ0) is 25.6. The van der Waals surface area contributed by atoms with Crippen molar-refractivity contribution in [1.82, 2.24) is 25.5 Å². The van der Waals surface area contributed by atoms with Gasteiger partial charge in [0, 0.05) is 30.2 Å². The van der Waals surface area contributed by atoms with Gasteiger partial charge in [0.1, 0.15) is 11.4 Å². The SMILES string of the molecule is CC(C)(C)OC(=O)NCCC(c1nc(-c2ccncc2)n[nH]1)N(C(=O)C(F)(F)F)c1ccccc1. The number of hydrogen-bond acceptors (Lipinski definition) is 6. The maximum absolute atomic E-state index is 13.6. The molecule has 0 bridgehead atoms. The highest BCUT2D eigenvalue weighted by atomic mass is 19.4. The van der Waals surface area contributed by atoms with E-state index in [2.05, 4.69) is 25.5 Å². The lowest BCUT2D eigenvalue weighted by atomic mass is 10.1. The largest absolute Gasteiger partial charge is 0.471 e. The molecule has 2 N–H and O–H groups in total. The minimum absolute atomic E-state index is 0.0129. The highest BCUT2D eigenvalue weighted by Gasteiger charge is 2.46. The average molecular weight is 490 g/mol. The van der Waals surface area contributed by atoms with Crippen molar-refractivity contribution in [3.05, 3.63) is 60.7 Å². The van der Waals surface area contributed by atoms with E-state index in [9.17, 15) is 22.8 Å². The van der Waals surface area contributed by atoms with Gasteiger partial charge in [-0.2, -0.15) is 18.3 Å². The number of nitrogens with one attached hydrogen (secondary N) is 2. The molecule has 1 aromatic carbocycles. The van der Waals surface area contributed by atoms with E-state index in [0.717, 1.165) is 0 Å². The summed E-state index contributed by atoms with van der Waals surface area (Å²) in [6, 6.07) is 9.48. The van der Waals surface area contributed by atoms with Crippen LogP contribution in [0.2, 0.25) is 0 Å². The number of ether oxygens (including phenoxy) is 1. The van der Waals surface area contributed by atoms with Crippen molar-refractivity contribution in [2.45, 2.75) is 45.0 Å². The van der Waals surface area contributed by atoms with Crippen molar-refractivity contribution in [2.24, 2.45) is 0 Å². The molecule has 0 aliphatic heterocycles. The first-order valence-corrected chi connectivity index (χ1v) is 10.7. The molecule has 186 valence electrons. The second-order valence-electron chi connectivity index (χ2n) is 8.52. The molecule has 2 amide bonds. The van der Waals surface area contributed by atoms with E-state index in [1.165, 1.54) is 36.7 Å². The van der Waals surface area contributed by atoms with Crippen molar-refractivity contribution in [3.63, 3.8) is 0 Å². The van der Waals surface area contributed by atoms with E-state index in [1.54, 1.807) is 39.0 Å². The van der Waals surface area contributed by atoms with Crippen molar-refractivity contribution in [3.8, 4) is 11.4 Å². The van der Waals surface area contributed by atoms with Crippen LogP contribution in [0.25, 0.3) is 11.4 Å². The summed E-state index contributed by atoms with van der Waals surface area (Å²) in [5.41, 5.74) is -0.156. The minimum atomic E-state index is -5.15. The molecule has 3 aromatic rings. The number of carbonyl (C=O) groups is 2. The Labute approximate surface area is 199 Å². The maximum Gasteiger partial charge on any atom is 0.471 e. The van der Waals surface area contributed by atoms with E-state index >= 15 is 0 Å². The number of nitrogens with zero attached hydrogens (tertiary/aromatic N) is 4. The van der Waals surface area contributed by atoms with E-state index in [-0.39, 0.29) is 30.3 Å². The smallest absolute Gasteiger partial charge is 0.444 e. The van der Waals surface area contributed by atoms with Crippen LogP contribution in [-0.2, 0) is 9.53 Å². The van der Waals surface area contributed by atoms with Gasteiger partial charge in [-0.05, 0) is 51.5 Å². The maximum atomic E-state index is 13.6. The van der Waals surface area contributed by atoms with Crippen LogP contribution in [0, 0.1) is 0 Å². The normalized spacial score (nSPS) is 12.6. The van der Waals surface area contributed by atoms with Gasteiger partial charge in [-0.25, -0.2) is 9.78 Å². The lowest BCUT2D eigenvalue weighted by Crippen LogP contribution is -2.45. The molecule has 2 aromatic heterocycles. The van der Waals surface area contributed by atoms with Gasteiger partial charge in [-0.1, -0.05) is 18.2 Å². The minimum Gasteiger partial charge on any atom is -0.444 e. The summed E-state index contributed by atoms with van der Waals surface area (Å²) in [6.45, 7) is 4.95. The molecule has 12 heteroatoms. The Morgan fingerprint density at radius 2 is 1.74 bits per heavy atom. The molecule has 2 heterocycles. The number of alkyl halides is 3. The van der Waals surface area contributed by atoms with Crippen LogP contribution in [-0.4, -0.2) is 50.5 Å². The van der Waals surface area contributed by atoms with Gasteiger partial charge in [-0.15, -0.1) is 0 Å². The fraction of sp³-hybridized carbons (Fsp3) is 0.348. The topological polar surface area (TPSA) is 113 Å². The first-order valence-electron chi connectivity index (χ1n) is 10.7. The van der Waals surface area contributed by atoms with Crippen molar-refractivity contribution in [1.29, 1.82) is 0 Å². The molecular weight excluding hydrogens is 465 g/mol. The summed E-state index contributed by atoms with van der Waals surface area (Å²) in [6.07, 6.45) is -2.95. The molecule has 0 saturated carbocycles. The first-order chi connectivity index (χ1) is 16.5. The van der Waals surface area contributed by atoms with Crippen molar-refractivity contribution >= 4 is 17.7 Å². The van der Waals surface area contributed by atoms with Crippen LogP contribution in [0.15, 0.2) is 54.9 Å². The molecule has 0 radical (unpaired) electrons. The predicted molar refractivity (Wildman–Crippen MR) is 121 cm³/mol. The number of H-pyrrole nitrogens is 1. The summed E-state index contributed by atoms with van der Waals surface area (Å²) in [5.74, 6) is -1.84. The Morgan fingerprint density at radius 1 is 1.09 bits per heavy atom. The second-order valence-corrected chi connectivity index (χ2v) is 8.52. The summed E-state index contributed by atoms with van der Waals surface area (Å²) in [4.78, 5) is 33.5. The Balaban J connectivity index is 1.96. The Bertz CT molecular complexity index is 1130. The molecule has 9 nitrogen and oxygen atoms in total. The third kappa shape index (κ3) is 7.01. The number of pyridine rings is 1. The second kappa shape index (κ2) is 10.5. The molecule has 0 saturated heterocycles. The number of alkyl carbamates (subject to hydrolysis) is 1. The van der Waals surface area contributed by atoms with Crippen molar-refractivity contribution < 1.29 is 27.5 Å². The fourth-order valence-corrected chi connectivity index (χ4v) is 3.23. The number of para-hydroxylation sites is 1. The summed E-state index contributed by atoms with van der Waals surface area (Å²) < 4.78 is 46.1. The number of anilines is 1. The van der Waals surface area contributed by atoms with E-state index in [1.807, 2.05) is 0 Å². The van der Waals surface area contributed by atoms with Crippen molar-refractivity contribution in [2.75, 3.05) is 11.4 Å². The van der Waals surface area contributed by atoms with Crippen LogP contribution in [0.3, 0.4) is 0 Å². The standard InChI is InChI=1S/C23H25F3N6O3/c1-22(2,3)35-21(34)28-14-11-17(19-29-18(30-31-19)15-9-12-27-13-10-15)32(20(33)23(24,25)26)16-7-5-4-6-8-16/h4-10,12-13,17H,11,14H2,1-3H3,(H,28,34)(H,29,30,31). The third-order valence-corrected chi connectivity index (χ3v) is 4.65. The van der Waals surface area contributed by atoms with E-state index in [4.69, 9.17) is 4.74 Å². The van der Waals surface area contributed by atoms with Gasteiger partial charge in [0.25, 0.3) is 0 Å². The van der Waals surface area contributed by atoms with Gasteiger partial charge in [0.05, 0.1) is 6.04 Å². The molecule has 0 aliphatic rings. The average Bonchev–Trinajstić information content (AvgIpc) is 3.28. The van der Waals surface area contributed by atoms with E-state index < -0.39 is 29.8 Å². The fourth-order valence-electron chi connectivity index (χ4n) is 3.23. The molecule has 0 aliphatic carbocycles. The van der Waals surface area contributed by atoms with Crippen LogP contribution in [0.4, 0.5) is 23.7 Å². The van der Waals surface area contributed by atoms with E-state index in [0.29, 0.717) is 10.5 Å². The monoisotopic (exact) mass is 490 g/mol. The molecule has 3 rings (SSSR count). The number of benzene rings is 1. The van der Waals surface area contributed by atoms with Crippen LogP contribution >= 0.6 is 0 Å². The molecule has 35 heavy (non-hydrogen) atoms. The van der Waals surface area contributed by atoms with Crippen LogP contribution in [0.1, 0.15) is 39.1 Å². The summed E-state index contributed by atoms with van der Waals surface area (Å²) in [7, 11) is 0. The number of carbonyl (C=O) groups excluding carboxylic acids is 2. The lowest BCUT2D eigenvalue weighted by molar-refractivity contribution is -0.171. The Kier molecular flexibility index (Phi) is 7.72. The molecule has 0 spiro atoms. The van der Waals surface area contributed by atoms with Gasteiger partial charge >= 0.3 is 18.2 Å². The number of aromatic amines is 1. The molecule has 1 atom stereocenters. The summed E-state index contributed by atoms with van der Waals surface area (Å²) in [5, 5.41) is 9.26. The van der Waals surface area contributed by atoms with Gasteiger partial charge in [-0.3, -0.25) is 19.8 Å². The Hall–Kier alpha value is -3.96. The highest BCUT2D eigenvalue weighted by Crippen LogP contribution is 2.33. The molecule has 0 fully saturated rings. The van der Waals surface area contributed by atoms with Gasteiger partial charge < -0.3 is 10.1 Å². The molecular formula is C23H25F3N6O3. The zero-order valence-electron chi connectivity index (χ0n) is 19.3. The van der Waals surface area contributed by atoms with Crippen LogP contribution in [0.5, 0.6) is 0 Å². The predicted octanol–water partition coefficient (Wildman–Crippen LogP) is 4.42. The zero-order valence-corrected chi connectivity index (χ0v) is 19.3. The highest BCUT2D eigenvalue weighted by molar-refractivity contribution is 5.97. The quantitative estimate of drug-likeness (QED) is 0.507. The van der Waals surface area contributed by atoms with Gasteiger partial charge in [0.15, 0.2) is 5.82 Å². The molecule has 1 unspecified atom stereocenters. The summed E-state index contributed by atoms with van der Waals surface area (Å²) >= 11 is 0. The number of amides is 2. The lowest BCUT2D eigenvalue weighted by Gasteiger charge is -2.31. The number of aromatic nitrogens is 4. The number of hydrogen-bond donors (Lipinski definition) is 2. The first kappa shape index (κ1) is 25.7. The van der Waals surface area contributed by atoms with Crippen LogP contribution < -0.4 is 10.2 Å². The third-order valence-electron chi connectivity index (χ3n) is 4.65. The van der Waals surface area contributed by atoms with Gasteiger partial charge in [0.2, 0.25) is 0 Å².